The number of aromatic nitrogens is 1. The Labute approximate surface area is 116 Å². The highest BCUT2D eigenvalue weighted by Gasteiger charge is 2.33. The minimum atomic E-state index is -1.03. The monoisotopic (exact) mass is 275 g/mol. The lowest BCUT2D eigenvalue weighted by Gasteiger charge is -2.28. The Morgan fingerprint density at radius 3 is 2.53 bits per heavy atom. The summed E-state index contributed by atoms with van der Waals surface area (Å²) in [6, 6.07) is 10.6. The van der Waals surface area contributed by atoms with Crippen molar-refractivity contribution in [3.05, 3.63) is 59.4 Å². The summed E-state index contributed by atoms with van der Waals surface area (Å²) in [6.45, 7) is 1.72. The molecule has 3 N–H and O–H groups in total. The average Bonchev–Trinajstić information content (AvgIpc) is 2.42. The first-order chi connectivity index (χ1) is 9.02. The lowest BCUT2D eigenvalue weighted by molar-refractivity contribution is -0.122. The van der Waals surface area contributed by atoms with Gasteiger partial charge in [0.25, 0.3) is 0 Å². The van der Waals surface area contributed by atoms with Crippen molar-refractivity contribution in [3.63, 3.8) is 0 Å². The van der Waals surface area contributed by atoms with Crippen LogP contribution >= 0.6 is 11.6 Å². The molecule has 0 fully saturated rings. The Morgan fingerprint density at radius 1 is 1.32 bits per heavy atom. The lowest BCUT2D eigenvalue weighted by atomic mass is 9.92. The van der Waals surface area contributed by atoms with Crippen LogP contribution in [0.5, 0.6) is 0 Å². The van der Waals surface area contributed by atoms with E-state index in [1.54, 1.807) is 55.7 Å². The first-order valence-electron chi connectivity index (χ1n) is 5.76. The van der Waals surface area contributed by atoms with E-state index >= 15 is 0 Å². The van der Waals surface area contributed by atoms with E-state index in [0.29, 0.717) is 10.6 Å². The third-order valence-electron chi connectivity index (χ3n) is 2.97. The van der Waals surface area contributed by atoms with Crippen LogP contribution in [0, 0.1) is 0 Å². The van der Waals surface area contributed by atoms with Crippen LogP contribution in [0.25, 0.3) is 0 Å². The van der Waals surface area contributed by atoms with Crippen molar-refractivity contribution in [2.24, 2.45) is 5.73 Å². The normalized spacial score (nSPS) is 13.6. The third-order valence-corrected chi connectivity index (χ3v) is 3.22. The molecule has 1 unspecified atom stereocenters. The van der Waals surface area contributed by atoms with Gasteiger partial charge in [0.15, 0.2) is 0 Å². The molecule has 0 radical (unpaired) electrons. The molecule has 1 heterocycles. The second-order valence-corrected chi connectivity index (χ2v) is 4.80. The van der Waals surface area contributed by atoms with Crippen molar-refractivity contribution in [1.29, 1.82) is 0 Å². The van der Waals surface area contributed by atoms with Gasteiger partial charge in [-0.25, -0.2) is 0 Å². The summed E-state index contributed by atoms with van der Waals surface area (Å²) < 4.78 is 0. The maximum atomic E-state index is 11.8. The van der Waals surface area contributed by atoms with Gasteiger partial charge in [0.2, 0.25) is 5.91 Å². The first-order valence-corrected chi connectivity index (χ1v) is 6.14. The van der Waals surface area contributed by atoms with Gasteiger partial charge in [-0.1, -0.05) is 17.7 Å². The number of rotatable bonds is 4. The molecule has 0 aliphatic heterocycles. The highest BCUT2D eigenvalue weighted by Crippen LogP contribution is 2.26. The van der Waals surface area contributed by atoms with Gasteiger partial charge in [0, 0.05) is 28.7 Å². The number of nitrogens with one attached hydrogen (secondary N) is 1. The smallest absolute Gasteiger partial charge is 0.247 e. The van der Waals surface area contributed by atoms with Crippen molar-refractivity contribution in [2.75, 3.05) is 5.32 Å². The molecule has 19 heavy (non-hydrogen) atoms. The van der Waals surface area contributed by atoms with Crippen LogP contribution in [0.1, 0.15) is 12.5 Å². The number of hydrogen-bond donors (Lipinski definition) is 2. The van der Waals surface area contributed by atoms with Crippen LogP contribution in [0.15, 0.2) is 48.8 Å². The molecule has 0 saturated heterocycles. The lowest BCUT2D eigenvalue weighted by Crippen LogP contribution is -2.45. The second-order valence-electron chi connectivity index (χ2n) is 4.36. The van der Waals surface area contributed by atoms with E-state index in [0.717, 1.165) is 5.69 Å². The maximum absolute atomic E-state index is 11.8. The third kappa shape index (κ3) is 2.85. The Morgan fingerprint density at radius 2 is 2.00 bits per heavy atom. The number of halogens is 1. The number of nitrogens with two attached hydrogens (primary N) is 1. The Bertz CT molecular complexity index is 571. The van der Waals surface area contributed by atoms with Crippen LogP contribution in [-0.4, -0.2) is 10.9 Å². The van der Waals surface area contributed by atoms with Crippen molar-refractivity contribution in [2.45, 2.75) is 12.5 Å². The molecule has 5 heteroatoms. The highest BCUT2D eigenvalue weighted by atomic mass is 35.5. The van der Waals surface area contributed by atoms with Crippen LogP contribution in [-0.2, 0) is 10.3 Å². The molecule has 1 atom stereocenters. The fraction of sp³-hybridized carbons (Fsp3) is 0.143. The first kappa shape index (κ1) is 13.4. The maximum Gasteiger partial charge on any atom is 0.247 e. The molecule has 0 aliphatic carbocycles. The molecule has 1 amide bonds. The fourth-order valence-electron chi connectivity index (χ4n) is 1.76. The van der Waals surface area contributed by atoms with Crippen LogP contribution in [0.2, 0.25) is 5.02 Å². The average molecular weight is 276 g/mol. The number of carbonyl (C=O) groups excluding carboxylic acids is 1. The van der Waals surface area contributed by atoms with Crippen LogP contribution in [0.4, 0.5) is 5.69 Å². The molecular weight excluding hydrogens is 262 g/mol. The number of hydrogen-bond acceptors (Lipinski definition) is 3. The van der Waals surface area contributed by atoms with E-state index in [-0.39, 0.29) is 0 Å². The SMILES string of the molecule is CC(Nc1ccc(Cl)cc1)(C(N)=O)c1cccnc1. The number of nitrogens with zero attached hydrogens (tertiary/aromatic N) is 1. The number of primary amides is 1. The largest absolute Gasteiger partial charge is 0.368 e. The topological polar surface area (TPSA) is 68.0 Å². The zero-order valence-electron chi connectivity index (χ0n) is 10.4. The summed E-state index contributed by atoms with van der Waals surface area (Å²) in [7, 11) is 0. The van der Waals surface area contributed by atoms with E-state index in [4.69, 9.17) is 17.3 Å². The van der Waals surface area contributed by atoms with E-state index < -0.39 is 11.4 Å². The Balaban J connectivity index is 2.36. The molecule has 1 aromatic carbocycles. The van der Waals surface area contributed by atoms with Crippen LogP contribution < -0.4 is 11.1 Å². The summed E-state index contributed by atoms with van der Waals surface area (Å²) >= 11 is 5.83. The molecule has 2 rings (SSSR count). The van der Waals surface area contributed by atoms with Crippen LogP contribution in [0.3, 0.4) is 0 Å². The molecule has 1 aromatic heterocycles. The minimum Gasteiger partial charge on any atom is -0.368 e. The predicted molar refractivity (Wildman–Crippen MR) is 75.9 cm³/mol. The quantitative estimate of drug-likeness (QED) is 0.901. The molecular formula is C14H14ClN3O. The van der Waals surface area contributed by atoms with E-state index in [9.17, 15) is 4.79 Å². The Hall–Kier alpha value is -2.07. The molecule has 0 bridgehead atoms. The number of anilines is 1. The van der Waals surface area contributed by atoms with E-state index in [2.05, 4.69) is 10.3 Å². The standard InChI is InChI=1S/C14H14ClN3O/c1-14(13(16)19,10-3-2-8-17-9-10)18-12-6-4-11(15)5-7-12/h2-9,18H,1H3,(H2,16,19). The fourth-order valence-corrected chi connectivity index (χ4v) is 1.88. The van der Waals surface area contributed by atoms with Gasteiger partial charge in [-0.05, 0) is 37.3 Å². The molecule has 0 aliphatic rings. The van der Waals surface area contributed by atoms with Crippen molar-refractivity contribution >= 4 is 23.2 Å². The molecule has 98 valence electrons. The van der Waals surface area contributed by atoms with Gasteiger partial charge in [0.05, 0.1) is 0 Å². The minimum absolute atomic E-state index is 0.476. The summed E-state index contributed by atoms with van der Waals surface area (Å²) in [6.07, 6.45) is 3.26. The molecule has 4 nitrogen and oxygen atoms in total. The number of pyridine rings is 1. The summed E-state index contributed by atoms with van der Waals surface area (Å²) in [5, 5.41) is 3.76. The van der Waals surface area contributed by atoms with Gasteiger partial charge in [-0.3, -0.25) is 9.78 Å². The number of benzene rings is 1. The van der Waals surface area contributed by atoms with Gasteiger partial charge < -0.3 is 11.1 Å². The zero-order chi connectivity index (χ0) is 13.9. The van der Waals surface area contributed by atoms with Crippen molar-refractivity contribution < 1.29 is 4.79 Å². The Kier molecular flexibility index (Phi) is 3.71. The van der Waals surface area contributed by atoms with Gasteiger partial charge in [-0.2, -0.15) is 0 Å². The number of amides is 1. The van der Waals surface area contributed by atoms with E-state index in [1.165, 1.54) is 0 Å². The van der Waals surface area contributed by atoms with Crippen molar-refractivity contribution in [3.8, 4) is 0 Å². The summed E-state index contributed by atoms with van der Waals surface area (Å²) in [5.41, 5.74) is 5.96. The molecule has 0 saturated carbocycles. The zero-order valence-corrected chi connectivity index (χ0v) is 11.2. The summed E-state index contributed by atoms with van der Waals surface area (Å²) in [4.78, 5) is 15.8. The molecule has 2 aromatic rings. The predicted octanol–water partition coefficient (Wildman–Crippen LogP) is 2.55. The van der Waals surface area contributed by atoms with Gasteiger partial charge >= 0.3 is 0 Å². The molecule has 0 spiro atoms. The van der Waals surface area contributed by atoms with Crippen molar-refractivity contribution in [1.82, 2.24) is 4.98 Å². The number of carbonyl (C=O) groups is 1. The van der Waals surface area contributed by atoms with Gasteiger partial charge in [0.1, 0.15) is 5.54 Å². The highest BCUT2D eigenvalue weighted by molar-refractivity contribution is 6.30. The summed E-state index contributed by atoms with van der Waals surface area (Å²) in [5.74, 6) is -0.476. The second kappa shape index (κ2) is 5.28. The van der Waals surface area contributed by atoms with Gasteiger partial charge in [-0.15, -0.1) is 0 Å². The van der Waals surface area contributed by atoms with E-state index in [1.807, 2.05) is 0 Å².